The molecule has 2 heterocycles. The fourth-order valence-electron chi connectivity index (χ4n) is 2.38. The van der Waals surface area contributed by atoms with Crippen LogP contribution in [0.2, 0.25) is 5.02 Å². The highest BCUT2D eigenvalue weighted by Gasteiger charge is 2.15. The SMILES string of the molecule is Clc1ccnc(Cn2cnc3c2CCCC3)c1. The van der Waals surface area contributed by atoms with Crippen molar-refractivity contribution in [3.63, 3.8) is 0 Å². The van der Waals surface area contributed by atoms with Crippen LogP contribution in [0.4, 0.5) is 0 Å². The largest absolute Gasteiger partial charge is 0.328 e. The quantitative estimate of drug-likeness (QED) is 0.817. The molecule has 0 amide bonds. The van der Waals surface area contributed by atoms with Gasteiger partial charge < -0.3 is 4.57 Å². The molecular weight excluding hydrogens is 234 g/mol. The monoisotopic (exact) mass is 247 g/mol. The zero-order valence-electron chi connectivity index (χ0n) is 9.56. The van der Waals surface area contributed by atoms with Crippen molar-refractivity contribution in [2.45, 2.75) is 32.2 Å². The van der Waals surface area contributed by atoms with E-state index in [1.165, 1.54) is 24.2 Å². The number of pyridine rings is 1. The van der Waals surface area contributed by atoms with Gasteiger partial charge in [0.1, 0.15) is 0 Å². The molecule has 0 saturated carbocycles. The molecule has 4 heteroatoms. The maximum Gasteiger partial charge on any atom is 0.0955 e. The molecule has 17 heavy (non-hydrogen) atoms. The number of hydrogen-bond donors (Lipinski definition) is 0. The summed E-state index contributed by atoms with van der Waals surface area (Å²) in [5, 5.41) is 0.740. The Kier molecular flexibility index (Phi) is 2.85. The van der Waals surface area contributed by atoms with Crippen LogP contribution in [-0.2, 0) is 19.4 Å². The summed E-state index contributed by atoms with van der Waals surface area (Å²) in [6, 6.07) is 3.71. The standard InChI is InChI=1S/C13H14ClN3/c14-10-5-6-15-11(7-10)8-17-9-16-12-3-1-2-4-13(12)17/h5-7,9H,1-4,8H2. The number of halogens is 1. The van der Waals surface area contributed by atoms with Crippen LogP contribution in [0, 0.1) is 0 Å². The molecule has 3 nitrogen and oxygen atoms in total. The molecule has 0 saturated heterocycles. The molecule has 0 atom stereocenters. The van der Waals surface area contributed by atoms with Gasteiger partial charge in [0.05, 0.1) is 24.3 Å². The highest BCUT2D eigenvalue weighted by molar-refractivity contribution is 6.30. The molecule has 1 aliphatic carbocycles. The second-order valence-electron chi connectivity index (χ2n) is 4.44. The van der Waals surface area contributed by atoms with E-state index >= 15 is 0 Å². The Hall–Kier alpha value is -1.35. The minimum absolute atomic E-state index is 0.740. The number of aryl methyl sites for hydroxylation is 1. The summed E-state index contributed by atoms with van der Waals surface area (Å²) < 4.78 is 2.20. The van der Waals surface area contributed by atoms with Crippen molar-refractivity contribution in [2.24, 2.45) is 0 Å². The molecule has 0 aliphatic heterocycles. The fraction of sp³-hybridized carbons (Fsp3) is 0.385. The molecule has 0 unspecified atom stereocenters. The van der Waals surface area contributed by atoms with Crippen molar-refractivity contribution in [2.75, 3.05) is 0 Å². The molecule has 0 N–H and O–H groups in total. The molecule has 0 spiro atoms. The van der Waals surface area contributed by atoms with Gasteiger partial charge >= 0.3 is 0 Å². The summed E-state index contributed by atoms with van der Waals surface area (Å²) in [6.07, 6.45) is 8.46. The van der Waals surface area contributed by atoms with E-state index in [4.69, 9.17) is 11.6 Å². The van der Waals surface area contributed by atoms with Crippen LogP contribution in [0.3, 0.4) is 0 Å². The number of rotatable bonds is 2. The first-order valence-electron chi connectivity index (χ1n) is 5.96. The Labute approximate surface area is 105 Å². The zero-order valence-corrected chi connectivity index (χ0v) is 10.3. The van der Waals surface area contributed by atoms with E-state index in [2.05, 4.69) is 14.5 Å². The third-order valence-electron chi connectivity index (χ3n) is 3.22. The average molecular weight is 248 g/mol. The van der Waals surface area contributed by atoms with Crippen LogP contribution in [0.1, 0.15) is 29.9 Å². The van der Waals surface area contributed by atoms with Gasteiger partial charge in [-0.3, -0.25) is 4.98 Å². The first kappa shape index (κ1) is 10.8. The highest BCUT2D eigenvalue weighted by atomic mass is 35.5. The normalized spacial score (nSPS) is 14.6. The molecule has 0 radical (unpaired) electrons. The summed E-state index contributed by atoms with van der Waals surface area (Å²) in [5.74, 6) is 0. The summed E-state index contributed by atoms with van der Waals surface area (Å²) in [5.41, 5.74) is 3.62. The van der Waals surface area contributed by atoms with Gasteiger partial charge in [-0.2, -0.15) is 0 Å². The van der Waals surface area contributed by atoms with E-state index in [1.54, 1.807) is 12.3 Å². The van der Waals surface area contributed by atoms with E-state index < -0.39 is 0 Å². The number of hydrogen-bond acceptors (Lipinski definition) is 2. The molecular formula is C13H14ClN3. The summed E-state index contributed by atoms with van der Waals surface area (Å²) in [6.45, 7) is 0.767. The molecule has 0 bridgehead atoms. The molecule has 0 aromatic carbocycles. The zero-order chi connectivity index (χ0) is 11.7. The maximum atomic E-state index is 5.96. The predicted molar refractivity (Wildman–Crippen MR) is 67.2 cm³/mol. The third-order valence-corrected chi connectivity index (χ3v) is 3.46. The van der Waals surface area contributed by atoms with E-state index in [9.17, 15) is 0 Å². The Morgan fingerprint density at radius 1 is 1.24 bits per heavy atom. The molecule has 3 rings (SSSR count). The van der Waals surface area contributed by atoms with Gasteiger partial charge in [0, 0.05) is 16.9 Å². The molecule has 2 aromatic rings. The second kappa shape index (κ2) is 4.49. The number of nitrogens with zero attached hydrogens (tertiary/aromatic N) is 3. The number of imidazole rings is 1. The topological polar surface area (TPSA) is 30.7 Å². The van der Waals surface area contributed by atoms with Crippen molar-refractivity contribution in [1.29, 1.82) is 0 Å². The van der Waals surface area contributed by atoms with Crippen molar-refractivity contribution in [1.82, 2.24) is 14.5 Å². The summed E-state index contributed by atoms with van der Waals surface area (Å²) >= 11 is 5.96. The Bertz CT molecular complexity index is 533. The first-order valence-corrected chi connectivity index (χ1v) is 6.34. The minimum atomic E-state index is 0.740. The van der Waals surface area contributed by atoms with Gasteiger partial charge in [-0.25, -0.2) is 4.98 Å². The van der Waals surface area contributed by atoms with E-state index in [0.717, 1.165) is 30.1 Å². The van der Waals surface area contributed by atoms with Crippen LogP contribution in [0.25, 0.3) is 0 Å². The van der Waals surface area contributed by atoms with Gasteiger partial charge in [0.25, 0.3) is 0 Å². The van der Waals surface area contributed by atoms with Gasteiger partial charge in [0.15, 0.2) is 0 Å². The van der Waals surface area contributed by atoms with Crippen LogP contribution in [0.5, 0.6) is 0 Å². The van der Waals surface area contributed by atoms with Crippen LogP contribution < -0.4 is 0 Å². The van der Waals surface area contributed by atoms with Crippen LogP contribution >= 0.6 is 11.6 Å². The maximum absolute atomic E-state index is 5.96. The Morgan fingerprint density at radius 3 is 3.00 bits per heavy atom. The van der Waals surface area contributed by atoms with Crippen LogP contribution in [-0.4, -0.2) is 14.5 Å². The lowest BCUT2D eigenvalue weighted by molar-refractivity contribution is 0.625. The van der Waals surface area contributed by atoms with E-state index in [-0.39, 0.29) is 0 Å². The van der Waals surface area contributed by atoms with E-state index in [1.807, 2.05) is 12.4 Å². The number of aromatic nitrogens is 3. The van der Waals surface area contributed by atoms with Crippen molar-refractivity contribution in [3.05, 3.63) is 46.8 Å². The lowest BCUT2D eigenvalue weighted by atomic mass is 10.0. The van der Waals surface area contributed by atoms with Gasteiger partial charge in [-0.1, -0.05) is 11.6 Å². The average Bonchev–Trinajstić information content (AvgIpc) is 2.73. The lowest BCUT2D eigenvalue weighted by Crippen LogP contribution is -2.09. The van der Waals surface area contributed by atoms with Gasteiger partial charge in [-0.05, 0) is 37.8 Å². The van der Waals surface area contributed by atoms with Crippen molar-refractivity contribution >= 4 is 11.6 Å². The summed E-state index contributed by atoms with van der Waals surface area (Å²) in [4.78, 5) is 8.81. The predicted octanol–water partition coefficient (Wildman–Crippen LogP) is 2.86. The lowest BCUT2D eigenvalue weighted by Gasteiger charge is -2.13. The Morgan fingerprint density at radius 2 is 2.12 bits per heavy atom. The minimum Gasteiger partial charge on any atom is -0.328 e. The number of fused-ring (bicyclic) bond motifs is 1. The van der Waals surface area contributed by atoms with Crippen molar-refractivity contribution < 1.29 is 0 Å². The van der Waals surface area contributed by atoms with Gasteiger partial charge in [-0.15, -0.1) is 0 Å². The second-order valence-corrected chi connectivity index (χ2v) is 4.87. The van der Waals surface area contributed by atoms with Crippen molar-refractivity contribution in [3.8, 4) is 0 Å². The molecule has 2 aromatic heterocycles. The van der Waals surface area contributed by atoms with E-state index in [0.29, 0.717) is 0 Å². The fourth-order valence-corrected chi connectivity index (χ4v) is 2.56. The smallest absolute Gasteiger partial charge is 0.0955 e. The Balaban J connectivity index is 1.88. The molecule has 0 fully saturated rings. The first-order chi connectivity index (χ1) is 8.33. The molecule has 1 aliphatic rings. The molecule has 88 valence electrons. The highest BCUT2D eigenvalue weighted by Crippen LogP contribution is 2.20. The van der Waals surface area contributed by atoms with Gasteiger partial charge in [0.2, 0.25) is 0 Å². The summed E-state index contributed by atoms with van der Waals surface area (Å²) in [7, 11) is 0. The van der Waals surface area contributed by atoms with Crippen LogP contribution in [0.15, 0.2) is 24.7 Å². The third kappa shape index (κ3) is 2.20.